The Kier molecular flexibility index (Phi) is 3.78. The monoisotopic (exact) mass is 268 g/mol. The first-order valence-electron chi connectivity index (χ1n) is 5.95. The van der Waals surface area contributed by atoms with Gasteiger partial charge in [0, 0.05) is 13.7 Å². The van der Waals surface area contributed by atoms with Crippen molar-refractivity contribution in [1.29, 1.82) is 0 Å². The number of carbonyl (C=O) groups excluding carboxylic acids is 1. The number of anilines is 1. The highest BCUT2D eigenvalue weighted by Crippen LogP contribution is 2.26. The van der Waals surface area contributed by atoms with E-state index in [0.717, 1.165) is 6.42 Å². The van der Waals surface area contributed by atoms with E-state index >= 15 is 0 Å². The number of benzene rings is 1. The summed E-state index contributed by atoms with van der Waals surface area (Å²) >= 11 is 5.93. The Morgan fingerprint density at radius 2 is 2.28 bits per heavy atom. The Morgan fingerprint density at radius 1 is 1.56 bits per heavy atom. The first-order chi connectivity index (χ1) is 8.52. The molecule has 1 heterocycles. The zero-order valence-electron chi connectivity index (χ0n) is 10.5. The van der Waals surface area contributed by atoms with Crippen LogP contribution in [0.25, 0.3) is 0 Å². The number of ether oxygens (including phenoxy) is 1. The molecule has 1 aliphatic rings. The zero-order chi connectivity index (χ0) is 13.3. The lowest BCUT2D eigenvalue weighted by molar-refractivity contribution is 0.0575. The molecule has 0 radical (unpaired) electrons. The highest BCUT2D eigenvalue weighted by Gasteiger charge is 2.31. The summed E-state index contributed by atoms with van der Waals surface area (Å²) in [5.74, 6) is -0.114. The lowest BCUT2D eigenvalue weighted by atomic mass is 10.1. The van der Waals surface area contributed by atoms with Gasteiger partial charge in [-0.25, -0.2) is 0 Å². The lowest BCUT2D eigenvalue weighted by Crippen LogP contribution is -2.41. The number of hydrogen-bond donors (Lipinski definition) is 1. The normalized spacial score (nSPS) is 23.1. The molecule has 2 rings (SSSR count). The first-order valence-corrected chi connectivity index (χ1v) is 6.33. The molecule has 98 valence electrons. The van der Waals surface area contributed by atoms with Gasteiger partial charge in [0.1, 0.15) is 0 Å². The molecule has 0 bridgehead atoms. The number of hydrogen-bond acceptors (Lipinski definition) is 3. The molecule has 0 aliphatic carbocycles. The van der Waals surface area contributed by atoms with Crippen LogP contribution in [0.5, 0.6) is 0 Å². The average Bonchev–Trinajstić information content (AvgIpc) is 2.77. The minimum Gasteiger partial charge on any atom is -0.397 e. The molecule has 4 nitrogen and oxygen atoms in total. The SMILES string of the molecule is CC1OCCC1N(C)C(=O)c1cccc(Cl)c1N. The van der Waals surface area contributed by atoms with Gasteiger partial charge in [-0.2, -0.15) is 0 Å². The fourth-order valence-electron chi connectivity index (χ4n) is 2.29. The Bertz CT molecular complexity index is 464. The van der Waals surface area contributed by atoms with E-state index in [0.29, 0.717) is 22.9 Å². The van der Waals surface area contributed by atoms with E-state index in [9.17, 15) is 4.79 Å². The van der Waals surface area contributed by atoms with E-state index < -0.39 is 0 Å². The van der Waals surface area contributed by atoms with Crippen molar-refractivity contribution in [2.24, 2.45) is 0 Å². The van der Waals surface area contributed by atoms with Crippen LogP contribution in [-0.2, 0) is 4.74 Å². The maximum absolute atomic E-state index is 12.4. The van der Waals surface area contributed by atoms with Crippen molar-refractivity contribution in [3.63, 3.8) is 0 Å². The summed E-state index contributed by atoms with van der Waals surface area (Å²) in [4.78, 5) is 14.1. The quantitative estimate of drug-likeness (QED) is 0.837. The number of nitrogens with zero attached hydrogens (tertiary/aromatic N) is 1. The largest absolute Gasteiger partial charge is 0.397 e. The van der Waals surface area contributed by atoms with Gasteiger partial charge < -0.3 is 15.4 Å². The van der Waals surface area contributed by atoms with Crippen molar-refractivity contribution in [1.82, 2.24) is 4.90 Å². The van der Waals surface area contributed by atoms with Crippen molar-refractivity contribution in [3.05, 3.63) is 28.8 Å². The van der Waals surface area contributed by atoms with Crippen LogP contribution in [0.15, 0.2) is 18.2 Å². The van der Waals surface area contributed by atoms with Crippen molar-refractivity contribution in [3.8, 4) is 0 Å². The van der Waals surface area contributed by atoms with Gasteiger partial charge in [-0.15, -0.1) is 0 Å². The number of likely N-dealkylation sites (N-methyl/N-ethyl adjacent to an activating group) is 1. The smallest absolute Gasteiger partial charge is 0.256 e. The summed E-state index contributed by atoms with van der Waals surface area (Å²) in [7, 11) is 1.78. The molecule has 0 spiro atoms. The molecule has 2 unspecified atom stereocenters. The molecule has 0 saturated carbocycles. The predicted octanol–water partition coefficient (Wildman–Crippen LogP) is 2.17. The van der Waals surface area contributed by atoms with Crippen LogP contribution in [0.2, 0.25) is 5.02 Å². The van der Waals surface area contributed by atoms with Gasteiger partial charge in [-0.3, -0.25) is 4.79 Å². The molecule has 1 aliphatic heterocycles. The third-order valence-electron chi connectivity index (χ3n) is 3.44. The Morgan fingerprint density at radius 3 is 2.89 bits per heavy atom. The van der Waals surface area contributed by atoms with Gasteiger partial charge in [-0.05, 0) is 25.5 Å². The third kappa shape index (κ3) is 2.31. The van der Waals surface area contributed by atoms with Crippen molar-refractivity contribution in [2.75, 3.05) is 19.4 Å². The van der Waals surface area contributed by atoms with E-state index in [1.165, 1.54) is 0 Å². The molecule has 1 amide bonds. The summed E-state index contributed by atoms with van der Waals surface area (Å²) in [5.41, 5.74) is 6.63. The molecule has 1 aromatic carbocycles. The minimum absolute atomic E-state index is 0.0550. The van der Waals surface area contributed by atoms with Crippen LogP contribution in [0, 0.1) is 0 Å². The second-order valence-electron chi connectivity index (χ2n) is 4.55. The van der Waals surface area contributed by atoms with Gasteiger partial charge in [0.2, 0.25) is 0 Å². The van der Waals surface area contributed by atoms with E-state index in [2.05, 4.69) is 0 Å². The van der Waals surface area contributed by atoms with Crippen LogP contribution >= 0.6 is 11.6 Å². The molecule has 5 heteroatoms. The maximum atomic E-state index is 12.4. The second kappa shape index (κ2) is 5.16. The molecule has 0 aromatic heterocycles. The standard InChI is InChI=1S/C13H17ClN2O2/c1-8-11(6-7-18-8)16(2)13(17)9-4-3-5-10(14)12(9)15/h3-5,8,11H,6-7,15H2,1-2H3. The van der Waals surface area contributed by atoms with Crippen molar-refractivity contribution >= 4 is 23.2 Å². The van der Waals surface area contributed by atoms with E-state index in [1.54, 1.807) is 30.1 Å². The number of nitrogens with two attached hydrogens (primary N) is 1. The van der Waals surface area contributed by atoms with E-state index in [-0.39, 0.29) is 18.1 Å². The van der Waals surface area contributed by atoms with Crippen LogP contribution in [0.1, 0.15) is 23.7 Å². The molecular formula is C13H17ClN2O2. The van der Waals surface area contributed by atoms with Gasteiger partial charge in [0.05, 0.1) is 28.4 Å². The number of rotatable bonds is 2. The number of nitrogen functional groups attached to an aromatic ring is 1. The van der Waals surface area contributed by atoms with Gasteiger partial charge in [0.15, 0.2) is 0 Å². The summed E-state index contributed by atoms with van der Waals surface area (Å²) in [6.07, 6.45) is 0.906. The number of halogens is 1. The number of amides is 1. The second-order valence-corrected chi connectivity index (χ2v) is 4.96. The average molecular weight is 269 g/mol. The summed E-state index contributed by atoms with van der Waals surface area (Å²) in [5, 5.41) is 0.407. The molecule has 2 N–H and O–H groups in total. The van der Waals surface area contributed by atoms with Gasteiger partial charge in [-0.1, -0.05) is 17.7 Å². The Hall–Kier alpha value is -1.26. The zero-order valence-corrected chi connectivity index (χ0v) is 11.3. The van der Waals surface area contributed by atoms with E-state index in [1.807, 2.05) is 6.92 Å². The summed E-state index contributed by atoms with van der Waals surface area (Å²) in [6, 6.07) is 5.19. The third-order valence-corrected chi connectivity index (χ3v) is 3.77. The van der Waals surface area contributed by atoms with Crippen LogP contribution in [0.3, 0.4) is 0 Å². The van der Waals surface area contributed by atoms with Crippen LogP contribution in [-0.4, -0.2) is 36.6 Å². The van der Waals surface area contributed by atoms with E-state index in [4.69, 9.17) is 22.1 Å². The molecule has 1 fully saturated rings. The highest BCUT2D eigenvalue weighted by molar-refractivity contribution is 6.33. The molecule has 1 aromatic rings. The predicted molar refractivity (Wildman–Crippen MR) is 71.8 cm³/mol. The van der Waals surface area contributed by atoms with Crippen molar-refractivity contribution in [2.45, 2.75) is 25.5 Å². The fourth-order valence-corrected chi connectivity index (χ4v) is 2.47. The Labute approximate surface area is 112 Å². The lowest BCUT2D eigenvalue weighted by Gasteiger charge is -2.27. The van der Waals surface area contributed by atoms with Gasteiger partial charge >= 0.3 is 0 Å². The molecule has 18 heavy (non-hydrogen) atoms. The summed E-state index contributed by atoms with van der Waals surface area (Å²) < 4.78 is 5.48. The van der Waals surface area contributed by atoms with Crippen molar-refractivity contribution < 1.29 is 9.53 Å². The first kappa shape index (κ1) is 13.2. The molecule has 1 saturated heterocycles. The topological polar surface area (TPSA) is 55.6 Å². The van der Waals surface area contributed by atoms with Crippen LogP contribution < -0.4 is 5.73 Å². The molecule has 2 atom stereocenters. The van der Waals surface area contributed by atoms with Crippen LogP contribution in [0.4, 0.5) is 5.69 Å². The fraction of sp³-hybridized carbons (Fsp3) is 0.462. The molecular weight excluding hydrogens is 252 g/mol. The van der Waals surface area contributed by atoms with Gasteiger partial charge in [0.25, 0.3) is 5.91 Å². The summed E-state index contributed by atoms with van der Waals surface area (Å²) in [6.45, 7) is 2.66. The highest BCUT2D eigenvalue weighted by atomic mass is 35.5. The number of carbonyl (C=O) groups is 1. The number of para-hydroxylation sites is 1. The Balaban J connectivity index is 2.23. The minimum atomic E-state index is -0.114. The maximum Gasteiger partial charge on any atom is 0.256 e.